The molecular formula is C20H13N. The number of rotatable bonds is 1. The van der Waals surface area contributed by atoms with Crippen LogP contribution in [0.5, 0.6) is 0 Å². The first kappa shape index (κ1) is 10.9. The molecule has 1 aromatic carbocycles. The summed E-state index contributed by atoms with van der Waals surface area (Å²) in [4.78, 5) is 0. The SMILES string of the molecule is c1ccc(-c2cc3ccc4cc5cccc-5cc2n43)cc1. The number of nitrogens with zero attached hydrogens (tertiary/aromatic N) is 1. The molecule has 2 aromatic heterocycles. The van der Waals surface area contributed by atoms with Crippen molar-refractivity contribution < 1.29 is 0 Å². The van der Waals surface area contributed by atoms with Gasteiger partial charge in [-0.1, -0.05) is 48.5 Å². The van der Waals surface area contributed by atoms with Crippen molar-refractivity contribution in [1.82, 2.24) is 4.40 Å². The standard InChI is InChI=1S/C20H13N/c1-2-5-14(6-3-1)19-13-18-10-9-17-11-15-7-4-8-16(15)12-20(19)21(17)18/h1-13H. The van der Waals surface area contributed by atoms with E-state index in [1.165, 1.54) is 38.8 Å². The Kier molecular flexibility index (Phi) is 2.01. The van der Waals surface area contributed by atoms with Crippen LogP contribution in [0.1, 0.15) is 0 Å². The monoisotopic (exact) mass is 267 g/mol. The van der Waals surface area contributed by atoms with Crippen molar-refractivity contribution in [3.63, 3.8) is 0 Å². The van der Waals surface area contributed by atoms with Gasteiger partial charge in [0.05, 0.1) is 5.52 Å². The third-order valence-corrected chi connectivity index (χ3v) is 4.32. The molecule has 3 aromatic rings. The summed E-state index contributed by atoms with van der Waals surface area (Å²) in [5.41, 5.74) is 8.95. The summed E-state index contributed by atoms with van der Waals surface area (Å²) in [7, 11) is 0. The molecule has 0 fully saturated rings. The topological polar surface area (TPSA) is 4.41 Å². The Labute approximate surface area is 122 Å². The van der Waals surface area contributed by atoms with E-state index in [0.29, 0.717) is 0 Å². The molecule has 2 aliphatic rings. The van der Waals surface area contributed by atoms with Gasteiger partial charge < -0.3 is 4.40 Å². The molecule has 0 amide bonds. The summed E-state index contributed by atoms with van der Waals surface area (Å²) >= 11 is 0. The van der Waals surface area contributed by atoms with Gasteiger partial charge in [-0.05, 0) is 47.0 Å². The maximum Gasteiger partial charge on any atom is 0.0546 e. The minimum absolute atomic E-state index is 1.25. The lowest BCUT2D eigenvalue weighted by atomic mass is 10.1. The van der Waals surface area contributed by atoms with Crippen LogP contribution in [0.4, 0.5) is 0 Å². The summed E-state index contributed by atoms with van der Waals surface area (Å²) in [6.07, 6.45) is 0. The Morgan fingerprint density at radius 2 is 1.19 bits per heavy atom. The van der Waals surface area contributed by atoms with Gasteiger partial charge in [-0.3, -0.25) is 0 Å². The van der Waals surface area contributed by atoms with E-state index in [2.05, 4.69) is 83.3 Å². The zero-order valence-electron chi connectivity index (χ0n) is 11.5. The lowest BCUT2D eigenvalue weighted by Crippen LogP contribution is -1.78. The predicted molar refractivity (Wildman–Crippen MR) is 88.1 cm³/mol. The van der Waals surface area contributed by atoms with Crippen LogP contribution >= 0.6 is 0 Å². The van der Waals surface area contributed by atoms with E-state index in [1.54, 1.807) is 0 Å². The first-order valence-corrected chi connectivity index (χ1v) is 7.22. The molecule has 98 valence electrons. The van der Waals surface area contributed by atoms with Crippen molar-refractivity contribution in [3.8, 4) is 22.3 Å². The largest absolute Gasteiger partial charge is 0.310 e. The van der Waals surface area contributed by atoms with Crippen LogP contribution < -0.4 is 0 Å². The van der Waals surface area contributed by atoms with Gasteiger partial charge in [-0.15, -0.1) is 0 Å². The predicted octanol–water partition coefficient (Wildman–Crippen LogP) is 5.30. The van der Waals surface area contributed by atoms with E-state index in [-0.39, 0.29) is 0 Å². The lowest BCUT2D eigenvalue weighted by Gasteiger charge is -1.99. The average Bonchev–Trinajstić information content (AvgIpc) is 3.18. The smallest absolute Gasteiger partial charge is 0.0546 e. The Morgan fingerprint density at radius 1 is 0.524 bits per heavy atom. The van der Waals surface area contributed by atoms with E-state index in [4.69, 9.17) is 0 Å². The number of fused-ring (bicyclic) bond motifs is 1. The van der Waals surface area contributed by atoms with Gasteiger partial charge in [-0.25, -0.2) is 0 Å². The molecule has 0 bridgehead atoms. The minimum atomic E-state index is 1.25. The van der Waals surface area contributed by atoms with E-state index in [1.807, 2.05) is 0 Å². The van der Waals surface area contributed by atoms with Crippen molar-refractivity contribution in [1.29, 1.82) is 0 Å². The maximum atomic E-state index is 2.35. The molecule has 1 heteroatoms. The third kappa shape index (κ3) is 1.46. The number of hydrogen-bond acceptors (Lipinski definition) is 0. The summed E-state index contributed by atoms with van der Waals surface area (Å²) < 4.78 is 2.35. The van der Waals surface area contributed by atoms with Crippen LogP contribution in [-0.4, -0.2) is 4.40 Å². The second kappa shape index (κ2) is 3.86. The summed E-state index contributed by atoms with van der Waals surface area (Å²) in [5, 5.41) is 0. The fourth-order valence-electron chi connectivity index (χ4n) is 3.32. The Hall–Kier alpha value is -2.80. The molecule has 0 atom stereocenters. The molecular weight excluding hydrogens is 254 g/mol. The second-order valence-electron chi connectivity index (χ2n) is 5.55. The van der Waals surface area contributed by atoms with Crippen molar-refractivity contribution in [2.24, 2.45) is 0 Å². The number of hydrogen-bond donors (Lipinski definition) is 0. The molecule has 21 heavy (non-hydrogen) atoms. The molecule has 0 saturated heterocycles. The number of aromatic nitrogens is 1. The van der Waals surface area contributed by atoms with Crippen molar-refractivity contribution in [3.05, 3.63) is 78.9 Å². The normalized spacial score (nSPS) is 11.8. The quantitative estimate of drug-likeness (QED) is 0.388. The van der Waals surface area contributed by atoms with Gasteiger partial charge in [-0.2, -0.15) is 0 Å². The summed E-state index contributed by atoms with van der Waals surface area (Å²) in [5.74, 6) is 0. The van der Waals surface area contributed by atoms with Crippen molar-refractivity contribution >= 4 is 16.6 Å². The average molecular weight is 267 g/mol. The van der Waals surface area contributed by atoms with Gasteiger partial charge in [0.25, 0.3) is 0 Å². The van der Waals surface area contributed by atoms with Crippen LogP contribution in [0.2, 0.25) is 0 Å². The summed E-state index contributed by atoms with van der Waals surface area (Å²) in [6, 6.07) is 28.4. The second-order valence-corrected chi connectivity index (χ2v) is 5.55. The van der Waals surface area contributed by atoms with E-state index in [9.17, 15) is 0 Å². The highest BCUT2D eigenvalue weighted by molar-refractivity contribution is 5.93. The highest BCUT2D eigenvalue weighted by atomic mass is 14.9. The van der Waals surface area contributed by atoms with E-state index in [0.717, 1.165) is 0 Å². The first-order valence-electron chi connectivity index (χ1n) is 7.22. The van der Waals surface area contributed by atoms with Crippen LogP contribution in [0.25, 0.3) is 38.8 Å². The van der Waals surface area contributed by atoms with Crippen LogP contribution in [0, 0.1) is 0 Å². The molecule has 3 heterocycles. The zero-order valence-corrected chi connectivity index (χ0v) is 11.5. The first-order chi connectivity index (χ1) is 10.4. The minimum Gasteiger partial charge on any atom is -0.310 e. The van der Waals surface area contributed by atoms with Crippen molar-refractivity contribution in [2.45, 2.75) is 0 Å². The van der Waals surface area contributed by atoms with Crippen LogP contribution in [0.15, 0.2) is 78.9 Å². The molecule has 5 rings (SSSR count). The summed E-state index contributed by atoms with van der Waals surface area (Å²) in [6.45, 7) is 0. The van der Waals surface area contributed by atoms with Gasteiger partial charge >= 0.3 is 0 Å². The van der Waals surface area contributed by atoms with E-state index < -0.39 is 0 Å². The van der Waals surface area contributed by atoms with Gasteiger partial charge in [0.15, 0.2) is 0 Å². The van der Waals surface area contributed by atoms with Crippen LogP contribution in [0.3, 0.4) is 0 Å². The van der Waals surface area contributed by atoms with Gasteiger partial charge in [0.2, 0.25) is 0 Å². The zero-order chi connectivity index (χ0) is 13.8. The van der Waals surface area contributed by atoms with Gasteiger partial charge in [0.1, 0.15) is 0 Å². The molecule has 0 radical (unpaired) electrons. The lowest BCUT2D eigenvalue weighted by molar-refractivity contribution is 1.37. The maximum absolute atomic E-state index is 2.35. The molecule has 0 unspecified atom stereocenters. The third-order valence-electron chi connectivity index (χ3n) is 4.32. The Bertz CT molecular complexity index is 1020. The molecule has 0 saturated carbocycles. The molecule has 0 N–H and O–H groups in total. The molecule has 1 aliphatic heterocycles. The highest BCUT2D eigenvalue weighted by Gasteiger charge is 2.13. The van der Waals surface area contributed by atoms with Crippen molar-refractivity contribution in [2.75, 3.05) is 0 Å². The molecule has 1 nitrogen and oxygen atoms in total. The Balaban J connectivity index is 1.98. The number of benzene rings is 1. The fourth-order valence-corrected chi connectivity index (χ4v) is 3.32. The van der Waals surface area contributed by atoms with Crippen LogP contribution in [-0.2, 0) is 0 Å². The van der Waals surface area contributed by atoms with Gasteiger partial charge in [0, 0.05) is 16.6 Å². The molecule has 1 aliphatic carbocycles. The van der Waals surface area contributed by atoms with E-state index >= 15 is 0 Å². The molecule has 0 spiro atoms. The Morgan fingerprint density at radius 3 is 2.00 bits per heavy atom. The highest BCUT2D eigenvalue weighted by Crippen LogP contribution is 2.35. The fraction of sp³-hybridized carbons (Fsp3) is 0.